The lowest BCUT2D eigenvalue weighted by atomic mass is 10.2. The molecule has 0 aliphatic heterocycles. The van der Waals surface area contributed by atoms with E-state index in [0.29, 0.717) is 5.04 Å². The third-order valence-corrected chi connectivity index (χ3v) is 8.53. The fourth-order valence-electron chi connectivity index (χ4n) is 0.154. The van der Waals surface area contributed by atoms with Gasteiger partial charge in [0.15, 0.2) is 0 Å². The molecule has 0 aliphatic rings. The molecule has 0 rings (SSSR count). The average Bonchev–Trinajstić information content (AvgIpc) is 2.05. The molecule has 0 atom stereocenters. The first-order valence-corrected chi connectivity index (χ1v) is 9.39. The summed E-state index contributed by atoms with van der Waals surface area (Å²) in [6, 6.07) is 0. The largest absolute Gasteiger partial charge is 0.0861 e. The van der Waals surface area contributed by atoms with Crippen LogP contribution in [0, 0.1) is 0 Å². The van der Waals surface area contributed by atoms with Crippen molar-refractivity contribution in [2.75, 3.05) is 4.43 Å². The van der Waals surface area contributed by atoms with Crippen LogP contribution in [0.15, 0.2) is 0 Å². The standard InChI is InChI=1S/C6H15ISi.C4H10/c1-6(2,5-7)8(3)4;1-3-4-2/h8H,5H2,1-4H3;3-4H2,1-2H3. The molecule has 0 aromatic carbocycles. The second-order valence-electron chi connectivity index (χ2n) is 4.28. The van der Waals surface area contributed by atoms with Gasteiger partial charge in [0, 0.05) is 13.2 Å². The van der Waals surface area contributed by atoms with Gasteiger partial charge in [-0.25, -0.2) is 0 Å². The summed E-state index contributed by atoms with van der Waals surface area (Å²) in [5, 5.41) is 0.667. The first kappa shape index (κ1) is 15.4. The fraction of sp³-hybridized carbons (Fsp3) is 1.00. The van der Waals surface area contributed by atoms with Crippen molar-refractivity contribution in [3.05, 3.63) is 0 Å². The van der Waals surface area contributed by atoms with Gasteiger partial charge in [0.05, 0.1) is 0 Å². The first-order chi connectivity index (χ1) is 5.42. The van der Waals surface area contributed by atoms with E-state index in [9.17, 15) is 0 Å². The van der Waals surface area contributed by atoms with Crippen molar-refractivity contribution in [2.24, 2.45) is 0 Å². The van der Waals surface area contributed by atoms with Crippen molar-refractivity contribution in [2.45, 2.75) is 58.7 Å². The van der Waals surface area contributed by atoms with E-state index in [-0.39, 0.29) is 8.80 Å². The Kier molecular flexibility index (Phi) is 11.0. The second kappa shape index (κ2) is 8.54. The highest BCUT2D eigenvalue weighted by atomic mass is 127. The maximum atomic E-state index is 2.48. The highest BCUT2D eigenvalue weighted by Gasteiger charge is 2.20. The minimum Gasteiger partial charge on any atom is -0.0861 e. The molecule has 0 radical (unpaired) electrons. The number of unbranched alkanes of at least 4 members (excludes halogenated alkanes) is 1. The van der Waals surface area contributed by atoms with Crippen LogP contribution in [-0.2, 0) is 0 Å². The van der Waals surface area contributed by atoms with Crippen LogP contribution in [0.4, 0.5) is 0 Å². The van der Waals surface area contributed by atoms with E-state index in [0.717, 1.165) is 0 Å². The van der Waals surface area contributed by atoms with Crippen LogP contribution in [0.5, 0.6) is 0 Å². The van der Waals surface area contributed by atoms with Crippen molar-refractivity contribution in [3.8, 4) is 0 Å². The quantitative estimate of drug-likeness (QED) is 0.409. The van der Waals surface area contributed by atoms with Crippen molar-refractivity contribution in [1.82, 2.24) is 0 Å². The van der Waals surface area contributed by atoms with Crippen molar-refractivity contribution in [1.29, 1.82) is 0 Å². The molecule has 0 bridgehead atoms. The van der Waals surface area contributed by atoms with Crippen LogP contribution in [0.25, 0.3) is 0 Å². The number of rotatable bonds is 3. The van der Waals surface area contributed by atoms with E-state index in [4.69, 9.17) is 0 Å². The zero-order valence-electron chi connectivity index (χ0n) is 9.58. The van der Waals surface area contributed by atoms with Gasteiger partial charge in [0.2, 0.25) is 0 Å². The Bertz CT molecular complexity index is 87.8. The third-order valence-electron chi connectivity index (χ3n) is 2.41. The van der Waals surface area contributed by atoms with Crippen LogP contribution < -0.4 is 0 Å². The summed E-state index contributed by atoms with van der Waals surface area (Å²) in [5.41, 5.74) is 0. The Hall–Kier alpha value is 0.947. The Morgan fingerprint density at radius 1 is 1.08 bits per heavy atom. The first-order valence-electron chi connectivity index (χ1n) is 4.98. The lowest BCUT2D eigenvalue weighted by Gasteiger charge is -2.24. The number of hydrogen-bond donors (Lipinski definition) is 0. The predicted octanol–water partition coefficient (Wildman–Crippen LogP) is 4.49. The molecule has 0 unspecified atom stereocenters. The van der Waals surface area contributed by atoms with Crippen LogP contribution in [0.3, 0.4) is 0 Å². The van der Waals surface area contributed by atoms with Gasteiger partial charge in [0.25, 0.3) is 0 Å². The van der Waals surface area contributed by atoms with E-state index in [1.54, 1.807) is 0 Å². The molecular formula is C10H25ISi. The van der Waals surface area contributed by atoms with Gasteiger partial charge in [0.1, 0.15) is 0 Å². The van der Waals surface area contributed by atoms with Crippen LogP contribution in [0.2, 0.25) is 18.1 Å². The Morgan fingerprint density at radius 3 is 1.42 bits per heavy atom. The number of alkyl halides is 1. The van der Waals surface area contributed by atoms with E-state index >= 15 is 0 Å². The Labute approximate surface area is 94.3 Å². The molecule has 0 aliphatic carbocycles. The third kappa shape index (κ3) is 9.04. The molecule has 12 heavy (non-hydrogen) atoms. The molecule has 0 amide bonds. The number of hydrogen-bond acceptors (Lipinski definition) is 0. The molecule has 0 heterocycles. The van der Waals surface area contributed by atoms with Gasteiger partial charge in [-0.1, -0.05) is 76.2 Å². The van der Waals surface area contributed by atoms with E-state index in [2.05, 4.69) is 63.4 Å². The molecular weight excluding hydrogens is 275 g/mol. The highest BCUT2D eigenvalue weighted by Crippen LogP contribution is 2.30. The van der Waals surface area contributed by atoms with Gasteiger partial charge in [-0.15, -0.1) is 0 Å². The summed E-state index contributed by atoms with van der Waals surface area (Å²) in [7, 11) is -0.387. The molecule has 0 N–H and O–H groups in total. The SMILES string of the molecule is CCCC.C[SiH](C)C(C)(C)CI. The zero-order valence-corrected chi connectivity index (χ0v) is 12.9. The Balaban J connectivity index is 0. The van der Waals surface area contributed by atoms with Crippen molar-refractivity contribution in [3.63, 3.8) is 0 Å². The summed E-state index contributed by atoms with van der Waals surface area (Å²) in [4.78, 5) is 0. The van der Waals surface area contributed by atoms with Crippen LogP contribution >= 0.6 is 22.6 Å². The molecule has 0 saturated carbocycles. The minimum absolute atomic E-state index is 0.387. The van der Waals surface area contributed by atoms with Crippen molar-refractivity contribution >= 4 is 31.4 Å². The summed E-state index contributed by atoms with van der Waals surface area (Å²) >= 11 is 2.48. The Morgan fingerprint density at radius 2 is 1.42 bits per heavy atom. The molecule has 0 aromatic rings. The lowest BCUT2D eigenvalue weighted by Crippen LogP contribution is -2.21. The lowest BCUT2D eigenvalue weighted by molar-refractivity contribution is 0.767. The molecule has 0 aromatic heterocycles. The van der Waals surface area contributed by atoms with Gasteiger partial charge in [-0.2, -0.15) is 0 Å². The molecule has 2 heteroatoms. The average molecular weight is 300 g/mol. The maximum absolute atomic E-state index is 2.48. The molecule has 0 saturated heterocycles. The van der Waals surface area contributed by atoms with Gasteiger partial charge >= 0.3 is 0 Å². The van der Waals surface area contributed by atoms with Gasteiger partial charge in [-0.05, 0) is 5.04 Å². The summed E-state index contributed by atoms with van der Waals surface area (Å²) in [6.07, 6.45) is 2.64. The summed E-state index contributed by atoms with van der Waals surface area (Å²) in [6.45, 7) is 13.9. The minimum atomic E-state index is -0.387. The summed E-state index contributed by atoms with van der Waals surface area (Å²) < 4.78 is 1.31. The highest BCUT2D eigenvalue weighted by molar-refractivity contribution is 14.1. The normalized spacial score (nSPS) is 11.0. The summed E-state index contributed by atoms with van der Waals surface area (Å²) in [5.74, 6) is 0. The molecule has 0 nitrogen and oxygen atoms in total. The van der Waals surface area contributed by atoms with Gasteiger partial charge in [-0.3, -0.25) is 0 Å². The van der Waals surface area contributed by atoms with E-state index < -0.39 is 0 Å². The van der Waals surface area contributed by atoms with Crippen molar-refractivity contribution < 1.29 is 0 Å². The molecule has 76 valence electrons. The zero-order chi connectivity index (χ0) is 10.2. The number of halogens is 1. The molecule has 0 fully saturated rings. The van der Waals surface area contributed by atoms with Crippen LogP contribution in [-0.4, -0.2) is 13.2 Å². The fourth-order valence-corrected chi connectivity index (χ4v) is 3.11. The topological polar surface area (TPSA) is 0 Å². The van der Waals surface area contributed by atoms with Gasteiger partial charge < -0.3 is 0 Å². The van der Waals surface area contributed by atoms with E-state index in [1.165, 1.54) is 17.3 Å². The van der Waals surface area contributed by atoms with E-state index in [1.807, 2.05) is 0 Å². The smallest absolute Gasteiger partial charge is 0.0374 e. The maximum Gasteiger partial charge on any atom is 0.0374 e. The second-order valence-corrected chi connectivity index (χ2v) is 8.91. The van der Waals surface area contributed by atoms with Crippen LogP contribution in [0.1, 0.15) is 40.5 Å². The molecule has 0 spiro atoms. The monoisotopic (exact) mass is 300 g/mol. The predicted molar refractivity (Wildman–Crippen MR) is 72.4 cm³/mol.